The van der Waals surface area contributed by atoms with Crippen molar-refractivity contribution in [2.75, 3.05) is 0 Å². The smallest absolute Gasteiger partial charge is 0.301 e. The van der Waals surface area contributed by atoms with E-state index in [0.717, 1.165) is 4.57 Å². The Labute approximate surface area is 116 Å². The number of pyridine rings is 1. The van der Waals surface area contributed by atoms with E-state index in [2.05, 4.69) is 9.97 Å². The van der Waals surface area contributed by atoms with Crippen LogP contribution in [0.25, 0.3) is 11.2 Å². The Morgan fingerprint density at radius 1 is 1.05 bits per heavy atom. The van der Waals surface area contributed by atoms with Crippen molar-refractivity contribution < 1.29 is 17.6 Å². The molecule has 3 nitrogen and oxygen atoms in total. The van der Waals surface area contributed by atoms with Crippen molar-refractivity contribution in [3.63, 3.8) is 0 Å². The van der Waals surface area contributed by atoms with Crippen molar-refractivity contribution in [1.29, 1.82) is 0 Å². The molecule has 0 saturated carbocycles. The molecule has 108 valence electrons. The number of nitrogens with zero attached hydrogens (tertiary/aromatic N) is 3. The van der Waals surface area contributed by atoms with E-state index in [-0.39, 0.29) is 17.7 Å². The number of imidazole rings is 1. The average molecular weight is 295 g/mol. The molecule has 0 radical (unpaired) electrons. The summed E-state index contributed by atoms with van der Waals surface area (Å²) >= 11 is 0. The van der Waals surface area contributed by atoms with Crippen molar-refractivity contribution >= 4 is 11.2 Å². The molecule has 0 unspecified atom stereocenters. The number of hydrogen-bond acceptors (Lipinski definition) is 2. The Morgan fingerprint density at radius 2 is 1.76 bits per heavy atom. The van der Waals surface area contributed by atoms with Crippen LogP contribution < -0.4 is 0 Å². The van der Waals surface area contributed by atoms with Gasteiger partial charge in [0.15, 0.2) is 5.65 Å². The first kappa shape index (κ1) is 13.5. The van der Waals surface area contributed by atoms with Gasteiger partial charge in [-0.05, 0) is 29.8 Å². The van der Waals surface area contributed by atoms with Crippen LogP contribution in [0.5, 0.6) is 0 Å². The van der Waals surface area contributed by atoms with E-state index in [1.807, 2.05) is 0 Å². The van der Waals surface area contributed by atoms with Gasteiger partial charge >= 0.3 is 6.18 Å². The van der Waals surface area contributed by atoms with Crippen LogP contribution in [0.3, 0.4) is 0 Å². The zero-order valence-corrected chi connectivity index (χ0v) is 10.6. The summed E-state index contributed by atoms with van der Waals surface area (Å²) in [6, 6.07) is 8.27. The first-order valence-corrected chi connectivity index (χ1v) is 6.08. The van der Waals surface area contributed by atoms with E-state index >= 15 is 0 Å². The number of benzene rings is 1. The van der Waals surface area contributed by atoms with Gasteiger partial charge in [-0.2, -0.15) is 13.2 Å². The molecule has 0 amide bonds. The standard InChI is InChI=1S/C14H9F4N3/c15-10-5-3-9(4-6-10)8-21-12-11(2-1-7-19-12)20-13(21)14(16,17)18/h1-7H,8H2. The fourth-order valence-corrected chi connectivity index (χ4v) is 2.10. The van der Waals surface area contributed by atoms with E-state index in [9.17, 15) is 17.6 Å². The quantitative estimate of drug-likeness (QED) is 0.676. The molecule has 0 bridgehead atoms. The maximum Gasteiger partial charge on any atom is 0.449 e. The van der Waals surface area contributed by atoms with Crippen molar-refractivity contribution in [2.45, 2.75) is 12.7 Å². The number of fused-ring (bicyclic) bond motifs is 1. The Kier molecular flexibility index (Phi) is 3.12. The minimum Gasteiger partial charge on any atom is -0.301 e. The van der Waals surface area contributed by atoms with E-state index in [1.165, 1.54) is 42.6 Å². The molecule has 3 rings (SSSR count). The van der Waals surface area contributed by atoms with Crippen LogP contribution >= 0.6 is 0 Å². The monoisotopic (exact) mass is 295 g/mol. The molecule has 0 fully saturated rings. The molecule has 0 spiro atoms. The molecule has 0 saturated heterocycles. The molecule has 7 heteroatoms. The van der Waals surface area contributed by atoms with Gasteiger partial charge in [0.1, 0.15) is 11.3 Å². The summed E-state index contributed by atoms with van der Waals surface area (Å²) in [6.45, 7) is -0.0807. The van der Waals surface area contributed by atoms with Crippen LogP contribution in [0.15, 0.2) is 42.6 Å². The highest BCUT2D eigenvalue weighted by Crippen LogP contribution is 2.31. The van der Waals surface area contributed by atoms with Gasteiger partial charge in [-0.1, -0.05) is 12.1 Å². The Bertz CT molecular complexity index is 775. The van der Waals surface area contributed by atoms with Crippen LogP contribution in [0.2, 0.25) is 0 Å². The highest BCUT2D eigenvalue weighted by molar-refractivity contribution is 5.71. The first-order chi connectivity index (χ1) is 9.95. The third kappa shape index (κ3) is 2.58. The molecule has 0 aliphatic heterocycles. The molecular weight excluding hydrogens is 286 g/mol. The van der Waals surface area contributed by atoms with Gasteiger partial charge in [0.25, 0.3) is 0 Å². The second-order valence-corrected chi connectivity index (χ2v) is 4.49. The molecule has 21 heavy (non-hydrogen) atoms. The SMILES string of the molecule is Fc1ccc(Cn2c(C(F)(F)F)nc3cccnc32)cc1. The minimum atomic E-state index is -4.58. The molecule has 3 aromatic rings. The van der Waals surface area contributed by atoms with Crippen LogP contribution in [-0.4, -0.2) is 14.5 Å². The zero-order valence-electron chi connectivity index (χ0n) is 10.6. The number of hydrogen-bond donors (Lipinski definition) is 0. The van der Waals surface area contributed by atoms with Crippen molar-refractivity contribution in [3.05, 3.63) is 59.8 Å². The molecule has 0 atom stereocenters. The van der Waals surface area contributed by atoms with Gasteiger partial charge in [-0.3, -0.25) is 0 Å². The summed E-state index contributed by atoms with van der Waals surface area (Å²) in [5.41, 5.74) is 0.855. The highest BCUT2D eigenvalue weighted by Gasteiger charge is 2.37. The van der Waals surface area contributed by atoms with Gasteiger partial charge in [-0.25, -0.2) is 14.4 Å². The largest absolute Gasteiger partial charge is 0.449 e. The second-order valence-electron chi connectivity index (χ2n) is 4.49. The van der Waals surface area contributed by atoms with Crippen molar-refractivity contribution in [1.82, 2.24) is 14.5 Å². The Morgan fingerprint density at radius 3 is 2.43 bits per heavy atom. The zero-order chi connectivity index (χ0) is 15.0. The van der Waals surface area contributed by atoms with Crippen LogP contribution in [-0.2, 0) is 12.7 Å². The van der Waals surface area contributed by atoms with E-state index in [1.54, 1.807) is 0 Å². The molecule has 2 aromatic heterocycles. The van der Waals surface area contributed by atoms with Gasteiger partial charge in [-0.15, -0.1) is 0 Å². The highest BCUT2D eigenvalue weighted by atomic mass is 19.4. The van der Waals surface area contributed by atoms with Crippen molar-refractivity contribution in [2.24, 2.45) is 0 Å². The Hall–Kier alpha value is -2.44. The number of aromatic nitrogens is 3. The third-order valence-corrected chi connectivity index (χ3v) is 3.01. The Balaban J connectivity index is 2.13. The summed E-state index contributed by atoms with van der Waals surface area (Å²) in [4.78, 5) is 7.55. The number of halogens is 4. The summed E-state index contributed by atoms with van der Waals surface area (Å²) in [5.74, 6) is -1.45. The van der Waals surface area contributed by atoms with E-state index in [4.69, 9.17) is 0 Å². The third-order valence-electron chi connectivity index (χ3n) is 3.01. The van der Waals surface area contributed by atoms with Gasteiger partial charge in [0, 0.05) is 6.20 Å². The van der Waals surface area contributed by atoms with Gasteiger partial charge in [0.05, 0.1) is 6.54 Å². The minimum absolute atomic E-state index is 0.0807. The summed E-state index contributed by atoms with van der Waals surface area (Å²) in [5, 5.41) is 0. The molecule has 0 aliphatic rings. The molecule has 2 heterocycles. The fourth-order valence-electron chi connectivity index (χ4n) is 2.10. The fraction of sp³-hybridized carbons (Fsp3) is 0.143. The lowest BCUT2D eigenvalue weighted by Crippen LogP contribution is -2.16. The summed E-state index contributed by atoms with van der Waals surface area (Å²) < 4.78 is 53.1. The maximum atomic E-state index is 13.1. The lowest BCUT2D eigenvalue weighted by molar-refractivity contribution is -0.146. The van der Waals surface area contributed by atoms with Gasteiger partial charge < -0.3 is 4.57 Å². The average Bonchev–Trinajstić information content (AvgIpc) is 2.81. The molecular formula is C14H9F4N3. The van der Waals surface area contributed by atoms with Crippen molar-refractivity contribution in [3.8, 4) is 0 Å². The topological polar surface area (TPSA) is 30.7 Å². The normalized spacial score (nSPS) is 12.0. The summed E-state index contributed by atoms with van der Waals surface area (Å²) in [7, 11) is 0. The van der Waals surface area contributed by atoms with E-state index in [0.29, 0.717) is 5.56 Å². The lowest BCUT2D eigenvalue weighted by atomic mass is 10.2. The second kappa shape index (κ2) is 4.83. The van der Waals surface area contributed by atoms with Gasteiger partial charge in [0.2, 0.25) is 5.82 Å². The predicted octanol–water partition coefficient (Wildman–Crippen LogP) is 3.64. The van der Waals surface area contributed by atoms with Crippen LogP contribution in [0.4, 0.5) is 17.6 Å². The van der Waals surface area contributed by atoms with Crippen LogP contribution in [0, 0.1) is 5.82 Å². The van der Waals surface area contributed by atoms with Crippen LogP contribution in [0.1, 0.15) is 11.4 Å². The maximum absolute atomic E-state index is 13.1. The lowest BCUT2D eigenvalue weighted by Gasteiger charge is -2.10. The number of alkyl halides is 3. The molecule has 0 N–H and O–H groups in total. The molecule has 1 aromatic carbocycles. The molecule has 0 aliphatic carbocycles. The summed E-state index contributed by atoms with van der Waals surface area (Å²) in [6.07, 6.45) is -3.17. The number of rotatable bonds is 2. The van der Waals surface area contributed by atoms with E-state index < -0.39 is 17.8 Å². The predicted molar refractivity (Wildman–Crippen MR) is 68.0 cm³/mol. The first-order valence-electron chi connectivity index (χ1n) is 6.08.